The van der Waals surface area contributed by atoms with E-state index in [9.17, 15) is 9.59 Å². The number of carbonyl (C=O) groups excluding carboxylic acids is 1. The van der Waals surface area contributed by atoms with Crippen molar-refractivity contribution in [2.24, 2.45) is 0 Å². The molecule has 1 heterocycles. The maximum Gasteiger partial charge on any atom is 0.321 e. The predicted molar refractivity (Wildman–Crippen MR) is 85.4 cm³/mol. The fraction of sp³-hybridized carbons (Fsp3) is 0.643. The molecule has 0 unspecified atom stereocenters. The number of likely N-dealkylation sites (N-methyl/N-ethyl adjacent to an activating group) is 1. The lowest BCUT2D eigenvalue weighted by molar-refractivity contribution is -0.139. The van der Waals surface area contributed by atoms with E-state index in [0.717, 1.165) is 23.4 Å². The molecule has 1 aliphatic rings. The van der Waals surface area contributed by atoms with Crippen LogP contribution in [0.25, 0.3) is 0 Å². The number of carboxylic acid groups (broad SMARTS) is 1. The first-order valence-corrected chi connectivity index (χ1v) is 8.18. The molecule has 0 aromatic carbocycles. The molecular formula is C14H22N4O3S. The average molecular weight is 326 g/mol. The van der Waals surface area contributed by atoms with Crippen molar-refractivity contribution in [2.45, 2.75) is 45.7 Å². The van der Waals surface area contributed by atoms with Crippen molar-refractivity contribution in [1.29, 1.82) is 0 Å². The van der Waals surface area contributed by atoms with Crippen molar-refractivity contribution in [3.05, 3.63) is 10.6 Å². The summed E-state index contributed by atoms with van der Waals surface area (Å²) in [5.41, 5.74) is 0.927. The van der Waals surface area contributed by atoms with Crippen LogP contribution in [0.3, 0.4) is 0 Å². The summed E-state index contributed by atoms with van der Waals surface area (Å²) in [6.07, 6.45) is 1.56. The minimum absolute atomic E-state index is 0.0533. The fourth-order valence-corrected chi connectivity index (χ4v) is 3.33. The maximum atomic E-state index is 11.9. The number of hydrogen-bond acceptors (Lipinski definition) is 5. The molecule has 0 aliphatic heterocycles. The highest BCUT2D eigenvalue weighted by Crippen LogP contribution is 2.26. The highest BCUT2D eigenvalue weighted by molar-refractivity contribution is 7.15. The number of urea groups is 1. The molecule has 1 aromatic rings. The van der Waals surface area contributed by atoms with Gasteiger partial charge in [-0.25, -0.2) is 9.78 Å². The van der Waals surface area contributed by atoms with Gasteiger partial charge in [-0.15, -0.1) is 11.3 Å². The Labute approximate surface area is 133 Å². The SMILES string of the molecule is CCN(CC(=O)O)C1CC(NC(=O)Nc2nc(C)c(C)s2)C1. The Hall–Kier alpha value is -1.67. The van der Waals surface area contributed by atoms with Gasteiger partial charge in [0.15, 0.2) is 5.13 Å². The Bertz CT molecular complexity index is 535. The minimum atomic E-state index is -0.814. The van der Waals surface area contributed by atoms with Crippen LogP contribution < -0.4 is 10.6 Å². The summed E-state index contributed by atoms with van der Waals surface area (Å²) in [6, 6.07) is 0.0734. The molecule has 2 amide bonds. The van der Waals surface area contributed by atoms with E-state index in [1.165, 1.54) is 11.3 Å². The first-order chi connectivity index (χ1) is 10.4. The van der Waals surface area contributed by atoms with Crippen LogP contribution in [-0.2, 0) is 4.79 Å². The van der Waals surface area contributed by atoms with Crippen molar-refractivity contribution in [3.8, 4) is 0 Å². The second-order valence-electron chi connectivity index (χ2n) is 5.54. The first kappa shape index (κ1) is 16.7. The Morgan fingerprint density at radius 3 is 2.59 bits per heavy atom. The smallest absolute Gasteiger partial charge is 0.321 e. The Kier molecular flexibility index (Phi) is 5.36. The van der Waals surface area contributed by atoms with Crippen LogP contribution in [0.2, 0.25) is 0 Å². The third-order valence-corrected chi connectivity index (χ3v) is 4.95. The molecule has 1 saturated carbocycles. The van der Waals surface area contributed by atoms with Gasteiger partial charge in [0.25, 0.3) is 0 Å². The van der Waals surface area contributed by atoms with Crippen molar-refractivity contribution in [3.63, 3.8) is 0 Å². The lowest BCUT2D eigenvalue weighted by Gasteiger charge is -2.42. The van der Waals surface area contributed by atoms with Crippen LogP contribution in [-0.4, -0.2) is 52.2 Å². The maximum absolute atomic E-state index is 11.9. The van der Waals surface area contributed by atoms with Crippen LogP contribution in [0.15, 0.2) is 0 Å². The Morgan fingerprint density at radius 1 is 1.41 bits per heavy atom. The lowest BCUT2D eigenvalue weighted by Crippen LogP contribution is -2.55. The third kappa shape index (κ3) is 4.17. The Balaban J connectivity index is 1.74. The quantitative estimate of drug-likeness (QED) is 0.741. The zero-order chi connectivity index (χ0) is 16.3. The van der Waals surface area contributed by atoms with E-state index >= 15 is 0 Å². The summed E-state index contributed by atoms with van der Waals surface area (Å²) in [6.45, 7) is 6.58. The molecular weight excluding hydrogens is 304 g/mol. The normalized spacial score (nSPS) is 20.5. The van der Waals surface area contributed by atoms with Gasteiger partial charge >= 0.3 is 12.0 Å². The lowest BCUT2D eigenvalue weighted by atomic mass is 9.85. The van der Waals surface area contributed by atoms with Gasteiger partial charge in [0.05, 0.1) is 12.2 Å². The number of nitrogens with zero attached hydrogens (tertiary/aromatic N) is 2. The van der Waals surface area contributed by atoms with E-state index in [-0.39, 0.29) is 24.7 Å². The van der Waals surface area contributed by atoms with Crippen molar-refractivity contribution >= 4 is 28.5 Å². The van der Waals surface area contributed by atoms with E-state index in [2.05, 4.69) is 15.6 Å². The van der Waals surface area contributed by atoms with Crippen molar-refractivity contribution in [2.75, 3.05) is 18.4 Å². The number of hydrogen-bond donors (Lipinski definition) is 3. The molecule has 1 aromatic heterocycles. The van der Waals surface area contributed by atoms with Crippen molar-refractivity contribution in [1.82, 2.24) is 15.2 Å². The van der Waals surface area contributed by atoms with E-state index in [1.807, 2.05) is 25.7 Å². The number of thiazole rings is 1. The zero-order valence-electron chi connectivity index (χ0n) is 13.0. The number of carbonyl (C=O) groups is 2. The highest BCUT2D eigenvalue weighted by atomic mass is 32.1. The number of anilines is 1. The predicted octanol–water partition coefficient (Wildman–Crippen LogP) is 1.82. The topological polar surface area (TPSA) is 94.6 Å². The molecule has 0 atom stereocenters. The van der Waals surface area contributed by atoms with Crippen LogP contribution in [0.4, 0.5) is 9.93 Å². The summed E-state index contributed by atoms with van der Waals surface area (Å²) in [5.74, 6) is -0.814. The molecule has 1 aliphatic carbocycles. The molecule has 3 N–H and O–H groups in total. The summed E-state index contributed by atoms with van der Waals surface area (Å²) in [7, 11) is 0. The number of aryl methyl sites for hydroxylation is 2. The number of aromatic nitrogens is 1. The van der Waals surface area contributed by atoms with Crippen LogP contribution in [0.1, 0.15) is 30.3 Å². The van der Waals surface area contributed by atoms with Crippen molar-refractivity contribution < 1.29 is 14.7 Å². The van der Waals surface area contributed by atoms with Gasteiger partial charge in [-0.05, 0) is 33.2 Å². The van der Waals surface area contributed by atoms with Gasteiger partial charge in [-0.2, -0.15) is 0 Å². The molecule has 1 fully saturated rings. The zero-order valence-corrected chi connectivity index (χ0v) is 13.9. The summed E-state index contributed by atoms with van der Waals surface area (Å²) in [5, 5.41) is 15.1. The van der Waals surface area contributed by atoms with Crippen LogP contribution in [0.5, 0.6) is 0 Å². The van der Waals surface area contributed by atoms with Crippen LogP contribution >= 0.6 is 11.3 Å². The van der Waals surface area contributed by atoms with E-state index < -0.39 is 5.97 Å². The van der Waals surface area contributed by atoms with Gasteiger partial charge in [-0.3, -0.25) is 15.0 Å². The summed E-state index contributed by atoms with van der Waals surface area (Å²) >= 11 is 1.45. The highest BCUT2D eigenvalue weighted by Gasteiger charge is 2.34. The van der Waals surface area contributed by atoms with E-state index in [4.69, 9.17) is 5.11 Å². The molecule has 122 valence electrons. The number of amides is 2. The second kappa shape index (κ2) is 7.06. The molecule has 22 heavy (non-hydrogen) atoms. The first-order valence-electron chi connectivity index (χ1n) is 7.36. The third-order valence-electron chi connectivity index (χ3n) is 3.96. The van der Waals surface area contributed by atoms with Crippen LogP contribution in [0, 0.1) is 13.8 Å². The van der Waals surface area contributed by atoms with Gasteiger partial charge < -0.3 is 10.4 Å². The fourth-order valence-electron chi connectivity index (χ4n) is 2.52. The van der Waals surface area contributed by atoms with Gasteiger partial charge in [0.2, 0.25) is 0 Å². The molecule has 0 radical (unpaired) electrons. The molecule has 0 saturated heterocycles. The number of rotatable bonds is 6. The second-order valence-corrected chi connectivity index (χ2v) is 6.74. The molecule has 2 rings (SSSR count). The molecule has 0 spiro atoms. The number of aliphatic carboxylic acids is 1. The molecule has 0 bridgehead atoms. The largest absolute Gasteiger partial charge is 0.480 e. The average Bonchev–Trinajstić information content (AvgIpc) is 2.69. The monoisotopic (exact) mass is 326 g/mol. The van der Waals surface area contributed by atoms with Gasteiger partial charge in [-0.1, -0.05) is 6.92 Å². The van der Waals surface area contributed by atoms with E-state index in [1.54, 1.807) is 0 Å². The summed E-state index contributed by atoms with van der Waals surface area (Å²) in [4.78, 5) is 29.9. The Morgan fingerprint density at radius 2 is 2.09 bits per heavy atom. The minimum Gasteiger partial charge on any atom is -0.480 e. The standard InChI is InChI=1S/C14H22N4O3S/c1-4-18(7-12(19)20)11-5-10(6-11)16-13(21)17-14-15-8(2)9(3)22-14/h10-11H,4-7H2,1-3H3,(H,19,20)(H2,15,16,17,21). The van der Waals surface area contributed by atoms with Gasteiger partial charge in [0, 0.05) is 17.0 Å². The van der Waals surface area contributed by atoms with E-state index in [0.29, 0.717) is 11.7 Å². The molecule has 8 heteroatoms. The molecule has 7 nitrogen and oxygen atoms in total. The number of carboxylic acids is 1. The number of nitrogens with one attached hydrogen (secondary N) is 2. The van der Waals surface area contributed by atoms with Gasteiger partial charge in [0.1, 0.15) is 0 Å². The summed E-state index contributed by atoms with van der Waals surface area (Å²) < 4.78 is 0.